The highest BCUT2D eigenvalue weighted by Crippen LogP contribution is 2.33. The van der Waals surface area contributed by atoms with E-state index in [1.54, 1.807) is 45.0 Å². The predicted molar refractivity (Wildman–Crippen MR) is 90.8 cm³/mol. The highest BCUT2D eigenvalue weighted by Gasteiger charge is 2.48. The second-order valence-corrected chi connectivity index (χ2v) is 6.81. The summed E-state index contributed by atoms with van der Waals surface area (Å²) in [6.07, 6.45) is -2.19. The molecule has 2 atom stereocenters. The Balaban J connectivity index is 2.30. The molecule has 3 N–H and O–H groups in total. The van der Waals surface area contributed by atoms with Gasteiger partial charge in [-0.25, -0.2) is 4.79 Å². The lowest BCUT2D eigenvalue weighted by atomic mass is 9.91. The average Bonchev–Trinajstić information content (AvgIpc) is 2.47. The Morgan fingerprint density at radius 1 is 1.19 bits per heavy atom. The minimum atomic E-state index is -5.02. The van der Waals surface area contributed by atoms with Crippen LogP contribution in [-0.4, -0.2) is 29.8 Å². The van der Waals surface area contributed by atoms with E-state index in [0.717, 1.165) is 11.6 Å². The lowest BCUT2D eigenvalue weighted by Gasteiger charge is -2.38. The van der Waals surface area contributed by atoms with Crippen LogP contribution in [0.5, 0.6) is 0 Å². The lowest BCUT2D eigenvalue weighted by Crippen LogP contribution is -2.63. The summed E-state index contributed by atoms with van der Waals surface area (Å²) in [7, 11) is 0. The number of rotatable bonds is 3. The maximum Gasteiger partial charge on any atom is 0.524 e. The van der Waals surface area contributed by atoms with E-state index in [2.05, 4.69) is 10.1 Å². The fraction of sp³-hybridized carbons (Fsp3) is 0.389. The Bertz CT molecular complexity index is 709. The van der Waals surface area contributed by atoms with Crippen molar-refractivity contribution in [3.8, 4) is 0 Å². The Morgan fingerprint density at radius 2 is 1.81 bits per heavy atom. The molecule has 0 aromatic heterocycles. The molecule has 0 radical (unpaired) electrons. The number of hydrogen-bond acceptors (Lipinski definition) is 4. The first-order valence-electron chi connectivity index (χ1n) is 7.90. The van der Waals surface area contributed by atoms with Crippen molar-refractivity contribution in [2.24, 2.45) is 5.73 Å². The zero-order valence-electron chi connectivity index (χ0n) is 14.6. The van der Waals surface area contributed by atoms with E-state index < -0.39 is 29.8 Å². The van der Waals surface area contributed by atoms with Crippen molar-refractivity contribution in [3.05, 3.63) is 54.1 Å². The Morgan fingerprint density at radius 3 is 2.31 bits per heavy atom. The van der Waals surface area contributed by atoms with E-state index >= 15 is 0 Å². The third kappa shape index (κ3) is 5.34. The summed E-state index contributed by atoms with van der Waals surface area (Å²) in [6.45, 7) is 4.77. The normalized spacial score (nSPS) is 23.3. The lowest BCUT2D eigenvalue weighted by molar-refractivity contribution is -0.363. The zero-order chi connectivity index (χ0) is 19.6. The van der Waals surface area contributed by atoms with E-state index in [-0.39, 0.29) is 0 Å². The Hall–Kier alpha value is -2.32. The molecule has 8 heteroatoms. The number of amides is 1. The molecule has 0 bridgehead atoms. The molecule has 26 heavy (non-hydrogen) atoms. The molecule has 1 aliphatic rings. The van der Waals surface area contributed by atoms with Gasteiger partial charge in [0.05, 0.1) is 6.04 Å². The van der Waals surface area contributed by atoms with Crippen molar-refractivity contribution in [1.29, 1.82) is 0 Å². The van der Waals surface area contributed by atoms with Gasteiger partial charge in [0.15, 0.2) is 5.72 Å². The summed E-state index contributed by atoms with van der Waals surface area (Å²) in [4.78, 5) is 12.0. The molecule has 0 saturated heterocycles. The monoisotopic (exact) mass is 370 g/mol. The van der Waals surface area contributed by atoms with Crippen LogP contribution < -0.4 is 11.1 Å². The molecule has 0 fully saturated rings. The van der Waals surface area contributed by atoms with Crippen LogP contribution in [0, 0.1) is 0 Å². The molecule has 142 valence electrons. The van der Waals surface area contributed by atoms with Crippen LogP contribution in [0.1, 0.15) is 26.3 Å². The van der Waals surface area contributed by atoms with Gasteiger partial charge in [0.2, 0.25) is 0 Å². The minimum absolute atomic E-state index is 0.616. The molecular weight excluding hydrogens is 349 g/mol. The SMILES string of the molecule is CC(C)(C)OC(=O)NC1(OC(F)(F)F)C=CC(c2ccccc2)=CC1N. The number of halogens is 3. The molecule has 0 heterocycles. The standard InChI is InChI=1S/C18H21F3N2O3/c1-16(2,3)25-15(24)23-17(26-18(19,20)21)10-9-13(11-14(17)22)12-7-5-4-6-8-12/h4-11,14H,22H2,1-3H3,(H,23,24). The van der Waals surface area contributed by atoms with Crippen LogP contribution in [-0.2, 0) is 9.47 Å². The first-order chi connectivity index (χ1) is 11.9. The molecule has 0 spiro atoms. The van der Waals surface area contributed by atoms with Gasteiger partial charge in [0.25, 0.3) is 0 Å². The van der Waals surface area contributed by atoms with Crippen molar-refractivity contribution in [1.82, 2.24) is 5.32 Å². The van der Waals surface area contributed by atoms with E-state index in [0.29, 0.717) is 5.57 Å². The van der Waals surface area contributed by atoms with Gasteiger partial charge < -0.3 is 10.5 Å². The quantitative estimate of drug-likeness (QED) is 0.796. The second kappa shape index (κ2) is 7.13. The summed E-state index contributed by atoms with van der Waals surface area (Å²) in [6, 6.07) is 7.70. The third-order valence-electron chi connectivity index (χ3n) is 3.45. The fourth-order valence-corrected chi connectivity index (χ4v) is 2.43. The van der Waals surface area contributed by atoms with Crippen molar-refractivity contribution in [3.63, 3.8) is 0 Å². The highest BCUT2D eigenvalue weighted by atomic mass is 19.4. The van der Waals surface area contributed by atoms with Crippen molar-refractivity contribution < 1.29 is 27.4 Å². The summed E-state index contributed by atoms with van der Waals surface area (Å²) in [5.41, 5.74) is 4.13. The number of benzene rings is 1. The summed E-state index contributed by atoms with van der Waals surface area (Å²) >= 11 is 0. The molecule has 2 unspecified atom stereocenters. The van der Waals surface area contributed by atoms with Gasteiger partial charge in [-0.05, 0) is 38.0 Å². The number of alkyl carbamates (subject to hydrolysis) is 1. The van der Waals surface area contributed by atoms with Crippen molar-refractivity contribution >= 4 is 11.7 Å². The number of alkyl halides is 3. The summed E-state index contributed by atoms with van der Waals surface area (Å²) in [5, 5.41) is 2.11. The number of hydrogen-bond donors (Lipinski definition) is 2. The van der Waals surface area contributed by atoms with Crippen molar-refractivity contribution in [2.45, 2.75) is 44.5 Å². The number of nitrogens with one attached hydrogen (secondary N) is 1. The Labute approximate surface area is 149 Å². The topological polar surface area (TPSA) is 73.6 Å². The zero-order valence-corrected chi connectivity index (χ0v) is 14.6. The van der Waals surface area contributed by atoms with E-state index in [1.165, 1.54) is 12.2 Å². The average molecular weight is 370 g/mol. The van der Waals surface area contributed by atoms with Gasteiger partial charge in [-0.2, -0.15) is 0 Å². The molecular formula is C18H21F3N2O3. The first-order valence-corrected chi connectivity index (χ1v) is 7.90. The van der Waals surface area contributed by atoms with Crippen LogP contribution >= 0.6 is 0 Å². The van der Waals surface area contributed by atoms with E-state index in [4.69, 9.17) is 10.5 Å². The van der Waals surface area contributed by atoms with Gasteiger partial charge in [0.1, 0.15) is 5.60 Å². The number of nitrogens with two attached hydrogens (primary N) is 1. The summed E-state index contributed by atoms with van der Waals surface area (Å²) in [5.74, 6) is 0. The fourth-order valence-electron chi connectivity index (χ4n) is 2.43. The Kier molecular flexibility index (Phi) is 5.48. The number of carbonyl (C=O) groups is 1. The van der Waals surface area contributed by atoms with Crippen molar-refractivity contribution in [2.75, 3.05) is 0 Å². The van der Waals surface area contributed by atoms with Crippen LogP contribution in [0.25, 0.3) is 5.57 Å². The van der Waals surface area contributed by atoms with E-state index in [9.17, 15) is 18.0 Å². The molecule has 1 aromatic rings. The summed E-state index contributed by atoms with van der Waals surface area (Å²) < 4.78 is 48.0. The molecule has 1 amide bonds. The van der Waals surface area contributed by atoms with Crippen LogP contribution in [0.15, 0.2) is 48.6 Å². The van der Waals surface area contributed by atoms with Crippen LogP contribution in [0.3, 0.4) is 0 Å². The number of carbonyl (C=O) groups excluding carboxylic acids is 1. The van der Waals surface area contributed by atoms with Crippen LogP contribution in [0.4, 0.5) is 18.0 Å². The maximum atomic E-state index is 12.9. The first kappa shape index (κ1) is 20.0. The predicted octanol–water partition coefficient (Wildman–Crippen LogP) is 3.72. The van der Waals surface area contributed by atoms with Gasteiger partial charge in [-0.15, -0.1) is 13.2 Å². The molecule has 1 aromatic carbocycles. The smallest absolute Gasteiger partial charge is 0.444 e. The third-order valence-corrected chi connectivity index (χ3v) is 3.45. The van der Waals surface area contributed by atoms with E-state index in [1.807, 2.05) is 6.07 Å². The number of ether oxygens (including phenoxy) is 2. The van der Waals surface area contributed by atoms with Crippen LogP contribution in [0.2, 0.25) is 0 Å². The molecule has 1 aliphatic carbocycles. The van der Waals surface area contributed by atoms with Gasteiger partial charge >= 0.3 is 12.5 Å². The molecule has 0 aliphatic heterocycles. The number of allylic oxidation sites excluding steroid dienone is 2. The molecule has 5 nitrogen and oxygen atoms in total. The largest absolute Gasteiger partial charge is 0.524 e. The highest BCUT2D eigenvalue weighted by molar-refractivity contribution is 5.77. The molecule has 0 saturated carbocycles. The van der Waals surface area contributed by atoms with Gasteiger partial charge in [-0.1, -0.05) is 42.5 Å². The van der Waals surface area contributed by atoms with Gasteiger partial charge in [0, 0.05) is 0 Å². The minimum Gasteiger partial charge on any atom is -0.444 e. The molecule has 2 rings (SSSR count). The maximum absolute atomic E-state index is 12.9. The second-order valence-electron chi connectivity index (χ2n) is 6.81. The van der Waals surface area contributed by atoms with Gasteiger partial charge in [-0.3, -0.25) is 10.1 Å².